The van der Waals surface area contributed by atoms with Gasteiger partial charge >= 0.3 is 6.09 Å². The zero-order valence-corrected chi connectivity index (χ0v) is 20.9. The molecule has 180 valence electrons. The summed E-state index contributed by atoms with van der Waals surface area (Å²) in [5, 5.41) is 0. The zero-order chi connectivity index (χ0) is 24.5. The van der Waals surface area contributed by atoms with Gasteiger partial charge in [0.15, 0.2) is 0 Å². The Morgan fingerprint density at radius 1 is 1.09 bits per heavy atom. The number of methoxy groups -OCH3 is 2. The predicted octanol–water partition coefficient (Wildman–Crippen LogP) is 3.43. The van der Waals surface area contributed by atoms with Crippen LogP contribution in [-0.2, 0) is 18.3 Å². The molecule has 0 radical (unpaired) electrons. The number of aromatic nitrogens is 1. The summed E-state index contributed by atoms with van der Waals surface area (Å²) < 4.78 is 18.5. The Labute approximate surface area is 195 Å². The fourth-order valence-electron chi connectivity index (χ4n) is 3.93. The van der Waals surface area contributed by atoms with Crippen LogP contribution in [0.25, 0.3) is 11.1 Å². The number of amides is 1. The molecule has 0 spiro atoms. The van der Waals surface area contributed by atoms with Crippen molar-refractivity contribution in [3.63, 3.8) is 0 Å². The van der Waals surface area contributed by atoms with Crippen LogP contribution in [0, 0.1) is 6.92 Å². The van der Waals surface area contributed by atoms with Crippen molar-refractivity contribution in [3.8, 4) is 22.6 Å². The van der Waals surface area contributed by atoms with Crippen molar-refractivity contribution in [1.29, 1.82) is 0 Å². The van der Waals surface area contributed by atoms with Gasteiger partial charge in [-0.15, -0.1) is 0 Å². The third-order valence-electron chi connectivity index (χ3n) is 5.85. The van der Waals surface area contributed by atoms with Crippen molar-refractivity contribution in [3.05, 3.63) is 45.9 Å². The maximum atomic E-state index is 12.2. The molecule has 8 nitrogen and oxygen atoms in total. The molecule has 1 saturated heterocycles. The van der Waals surface area contributed by atoms with Crippen LogP contribution in [0.5, 0.6) is 11.5 Å². The van der Waals surface area contributed by atoms with E-state index in [2.05, 4.69) is 4.90 Å². The van der Waals surface area contributed by atoms with Crippen molar-refractivity contribution in [2.45, 2.75) is 45.9 Å². The van der Waals surface area contributed by atoms with Crippen LogP contribution in [0.3, 0.4) is 0 Å². The van der Waals surface area contributed by atoms with Crippen LogP contribution < -0.4 is 15.0 Å². The Morgan fingerprint density at radius 2 is 1.67 bits per heavy atom. The number of nitrogens with zero attached hydrogens (tertiary/aromatic N) is 3. The molecule has 0 saturated carbocycles. The molecule has 2 aromatic rings. The number of ether oxygens (including phenoxy) is 3. The van der Waals surface area contributed by atoms with E-state index in [-0.39, 0.29) is 17.7 Å². The van der Waals surface area contributed by atoms with E-state index < -0.39 is 5.60 Å². The molecular formula is C25H35N3O5. The molecule has 8 heteroatoms. The number of likely N-dealkylation sites (tertiary alicyclic amines) is 1. The third kappa shape index (κ3) is 5.50. The highest BCUT2D eigenvalue weighted by molar-refractivity contribution is 5.70. The van der Waals surface area contributed by atoms with Gasteiger partial charge in [-0.2, -0.15) is 0 Å². The first-order chi connectivity index (χ1) is 15.4. The molecule has 33 heavy (non-hydrogen) atoms. The lowest BCUT2D eigenvalue weighted by molar-refractivity contribution is -0.0122. The molecule has 1 aliphatic heterocycles. The minimum Gasteiger partial charge on any atom is -0.496 e. The molecule has 1 aromatic carbocycles. The van der Waals surface area contributed by atoms with E-state index in [0.717, 1.165) is 16.7 Å². The number of hydrogen-bond donors (Lipinski definition) is 0. The third-order valence-corrected chi connectivity index (χ3v) is 5.85. The van der Waals surface area contributed by atoms with Gasteiger partial charge in [0.2, 0.25) is 0 Å². The van der Waals surface area contributed by atoms with Gasteiger partial charge < -0.3 is 23.7 Å². The largest absolute Gasteiger partial charge is 0.496 e. The van der Waals surface area contributed by atoms with Gasteiger partial charge in [0.05, 0.1) is 19.8 Å². The number of carbonyl (C=O) groups excluding carboxylic acids is 1. The normalized spacial score (nSPS) is 14.3. The smallest absolute Gasteiger partial charge is 0.410 e. The van der Waals surface area contributed by atoms with Gasteiger partial charge in [-0.25, -0.2) is 4.79 Å². The molecule has 2 heterocycles. The lowest BCUT2D eigenvalue weighted by atomic mass is 10.0. The highest BCUT2D eigenvalue weighted by Gasteiger charge is 2.36. The van der Waals surface area contributed by atoms with Gasteiger partial charge in [0, 0.05) is 44.5 Å². The molecular weight excluding hydrogens is 422 g/mol. The number of benzene rings is 1. The summed E-state index contributed by atoms with van der Waals surface area (Å²) in [5.41, 5.74) is 2.92. The van der Waals surface area contributed by atoms with Crippen molar-refractivity contribution >= 4 is 6.09 Å². The van der Waals surface area contributed by atoms with Gasteiger partial charge in [-0.3, -0.25) is 9.69 Å². The topological polar surface area (TPSA) is 73.2 Å². The monoisotopic (exact) mass is 457 g/mol. The Hall–Kier alpha value is -3.00. The number of rotatable bonds is 6. The lowest BCUT2D eigenvalue weighted by Gasteiger charge is -2.44. The fraction of sp³-hybridized carbons (Fsp3) is 0.520. The van der Waals surface area contributed by atoms with Gasteiger partial charge in [-0.05, 0) is 64.1 Å². The zero-order valence-electron chi connectivity index (χ0n) is 20.9. The molecule has 1 fully saturated rings. The van der Waals surface area contributed by atoms with Gasteiger partial charge in [0.1, 0.15) is 17.1 Å². The maximum absolute atomic E-state index is 12.2. The standard InChI is InChI=1S/C25H35N3O5/c1-16-9-18(12-27(6)23(16)29)17-10-21(31-7)20(22(11-17)32-8)15-26(5)19-13-28(14-19)24(30)33-25(2,3)4/h9-12,19H,13-15H2,1-8H3. The molecule has 0 atom stereocenters. The number of hydrogen-bond acceptors (Lipinski definition) is 6. The van der Waals surface area contributed by atoms with E-state index in [9.17, 15) is 9.59 Å². The molecule has 1 amide bonds. The molecule has 0 N–H and O–H groups in total. The van der Waals surface area contributed by atoms with Crippen molar-refractivity contribution in [2.75, 3.05) is 34.4 Å². The van der Waals surface area contributed by atoms with E-state index in [4.69, 9.17) is 14.2 Å². The number of aryl methyl sites for hydroxylation is 2. The summed E-state index contributed by atoms with van der Waals surface area (Å²) in [7, 11) is 7.05. The highest BCUT2D eigenvalue weighted by Crippen LogP contribution is 2.36. The minimum atomic E-state index is -0.500. The second-order valence-electron chi connectivity index (χ2n) is 9.64. The van der Waals surface area contributed by atoms with Crippen molar-refractivity contribution in [1.82, 2.24) is 14.4 Å². The molecule has 0 aliphatic carbocycles. The van der Waals surface area contributed by atoms with Crippen LogP contribution >= 0.6 is 0 Å². The van der Waals surface area contributed by atoms with Crippen molar-refractivity contribution < 1.29 is 19.0 Å². The van der Waals surface area contributed by atoms with E-state index >= 15 is 0 Å². The second-order valence-corrected chi connectivity index (χ2v) is 9.64. The van der Waals surface area contributed by atoms with Gasteiger partial charge in [0.25, 0.3) is 5.56 Å². The summed E-state index contributed by atoms with van der Waals surface area (Å²) in [4.78, 5) is 28.2. The van der Waals surface area contributed by atoms with Gasteiger partial charge in [-0.1, -0.05) is 0 Å². The molecule has 0 bridgehead atoms. The molecule has 0 unspecified atom stereocenters. The van der Waals surface area contributed by atoms with Crippen LogP contribution in [0.2, 0.25) is 0 Å². The summed E-state index contributed by atoms with van der Waals surface area (Å²) in [6.07, 6.45) is 1.54. The van der Waals surface area contributed by atoms with Crippen molar-refractivity contribution in [2.24, 2.45) is 7.05 Å². The van der Waals surface area contributed by atoms with E-state index in [1.54, 1.807) is 30.7 Å². The number of likely N-dealkylation sites (N-methyl/N-ethyl adjacent to an activating group) is 1. The Balaban J connectivity index is 1.79. The van der Waals surface area contributed by atoms with E-state index in [1.165, 1.54) is 0 Å². The average Bonchev–Trinajstić information content (AvgIpc) is 2.69. The minimum absolute atomic E-state index is 0.0168. The van der Waals surface area contributed by atoms with Crippen LogP contribution in [-0.4, -0.2) is 66.5 Å². The maximum Gasteiger partial charge on any atom is 0.410 e. The summed E-state index contributed by atoms with van der Waals surface area (Å²) >= 11 is 0. The van der Waals surface area contributed by atoms with Crippen LogP contribution in [0.4, 0.5) is 4.79 Å². The first-order valence-electron chi connectivity index (χ1n) is 11.0. The lowest BCUT2D eigenvalue weighted by Crippen LogP contribution is -2.60. The molecule has 3 rings (SSSR count). The highest BCUT2D eigenvalue weighted by atomic mass is 16.6. The number of carbonyl (C=O) groups is 1. The van der Waals surface area contributed by atoms with E-state index in [1.807, 2.05) is 59.1 Å². The predicted molar refractivity (Wildman–Crippen MR) is 128 cm³/mol. The average molecular weight is 458 g/mol. The first-order valence-corrected chi connectivity index (χ1v) is 11.0. The molecule has 1 aromatic heterocycles. The summed E-state index contributed by atoms with van der Waals surface area (Å²) in [6, 6.07) is 6.04. The Kier molecular flexibility index (Phi) is 7.07. The molecule has 1 aliphatic rings. The van der Waals surface area contributed by atoms with E-state index in [0.29, 0.717) is 36.7 Å². The second kappa shape index (κ2) is 9.47. The Morgan fingerprint density at radius 3 is 2.15 bits per heavy atom. The van der Waals surface area contributed by atoms with Crippen LogP contribution in [0.1, 0.15) is 31.9 Å². The quantitative estimate of drug-likeness (QED) is 0.662. The number of pyridine rings is 1. The SMILES string of the molecule is COc1cc(-c2cc(C)c(=O)n(C)c2)cc(OC)c1CN(C)C1CN(C(=O)OC(C)(C)C)C1. The first kappa shape index (κ1) is 24.6. The summed E-state index contributed by atoms with van der Waals surface area (Å²) in [5.74, 6) is 1.43. The summed E-state index contributed by atoms with van der Waals surface area (Å²) in [6.45, 7) is 9.25. The Bertz CT molecular complexity index is 1030. The fourth-order valence-corrected chi connectivity index (χ4v) is 3.93. The van der Waals surface area contributed by atoms with Crippen LogP contribution in [0.15, 0.2) is 29.2 Å².